The first kappa shape index (κ1) is 26.6. The molecule has 2 atom stereocenters. The van der Waals surface area contributed by atoms with Crippen molar-refractivity contribution in [2.45, 2.75) is 58.5 Å². The predicted molar refractivity (Wildman–Crippen MR) is 132 cm³/mol. The van der Waals surface area contributed by atoms with E-state index in [0.29, 0.717) is 34.3 Å². The van der Waals surface area contributed by atoms with E-state index in [-0.39, 0.29) is 19.3 Å². The zero-order valence-corrected chi connectivity index (χ0v) is 21.4. The van der Waals surface area contributed by atoms with Gasteiger partial charge in [0, 0.05) is 25.6 Å². The van der Waals surface area contributed by atoms with Gasteiger partial charge in [-0.1, -0.05) is 6.58 Å². The number of halogens is 3. The average Bonchev–Trinajstić information content (AvgIpc) is 3.42. The fourth-order valence-electron chi connectivity index (χ4n) is 4.60. The normalized spacial score (nSPS) is 17.1. The smallest absolute Gasteiger partial charge is 0.471 e. The number of carbonyl (C=O) groups excluding carboxylic acids is 1. The first-order valence-electron chi connectivity index (χ1n) is 12.2. The van der Waals surface area contributed by atoms with Crippen LogP contribution in [0.15, 0.2) is 18.8 Å². The maximum atomic E-state index is 12.9. The molecule has 0 N–H and O–H groups in total. The van der Waals surface area contributed by atoms with E-state index in [1.54, 1.807) is 26.2 Å². The van der Waals surface area contributed by atoms with Crippen molar-refractivity contribution in [1.29, 1.82) is 0 Å². The second-order valence-corrected chi connectivity index (χ2v) is 9.10. The summed E-state index contributed by atoms with van der Waals surface area (Å²) in [4.78, 5) is 17.2. The molecule has 1 unspecified atom stereocenters. The summed E-state index contributed by atoms with van der Waals surface area (Å²) in [6.07, 6.45) is 0.363. The molecule has 1 aliphatic rings. The monoisotopic (exact) mass is 520 g/mol. The summed E-state index contributed by atoms with van der Waals surface area (Å²) in [5, 5.41) is 9.86. The molecule has 1 aliphatic heterocycles. The summed E-state index contributed by atoms with van der Waals surface area (Å²) in [5.41, 5.74) is 3.43. The van der Waals surface area contributed by atoms with E-state index >= 15 is 0 Å². The molecule has 1 saturated heterocycles. The molecule has 3 aromatic rings. The van der Waals surface area contributed by atoms with Gasteiger partial charge in [-0.05, 0) is 52.2 Å². The molecule has 3 aromatic heterocycles. The van der Waals surface area contributed by atoms with E-state index in [2.05, 4.69) is 11.7 Å². The minimum atomic E-state index is -4.94. The number of aryl methyl sites for hydroxylation is 2. The standard InChI is InChI=1S/C25H31F3N6O3/c1-6-19-17-12-20(30-16(4)22(17)34(31-19)21-10-8-9-11-36-21)18-13-29-32(5)23(18)37-15(3)14-33(7-2)24(35)25(26,27)28/h6,12-13,15,21H,1,7-11,14H2,2-5H3/t15-,21?/m1/s1. The number of hydrogen-bond acceptors (Lipinski definition) is 6. The van der Waals surface area contributed by atoms with Crippen LogP contribution in [-0.4, -0.2) is 67.3 Å². The van der Waals surface area contributed by atoms with Gasteiger partial charge in [-0.15, -0.1) is 0 Å². The Morgan fingerprint density at radius 2 is 2.16 bits per heavy atom. The van der Waals surface area contributed by atoms with E-state index in [0.717, 1.165) is 35.9 Å². The number of carbonyl (C=O) groups is 1. The Bertz CT molecular complexity index is 1290. The Morgan fingerprint density at radius 1 is 1.41 bits per heavy atom. The highest BCUT2D eigenvalue weighted by atomic mass is 19.4. The van der Waals surface area contributed by atoms with E-state index in [1.807, 2.05) is 17.7 Å². The van der Waals surface area contributed by atoms with Crippen LogP contribution in [0.5, 0.6) is 5.88 Å². The number of hydrogen-bond donors (Lipinski definition) is 0. The topological polar surface area (TPSA) is 87.3 Å². The molecule has 200 valence electrons. The summed E-state index contributed by atoms with van der Waals surface area (Å²) in [5.74, 6) is -1.56. The summed E-state index contributed by atoms with van der Waals surface area (Å²) in [6.45, 7) is 9.24. The molecule has 0 radical (unpaired) electrons. The van der Waals surface area contributed by atoms with Gasteiger partial charge in [-0.3, -0.25) is 9.78 Å². The lowest BCUT2D eigenvalue weighted by Crippen LogP contribution is -2.45. The Balaban J connectivity index is 1.66. The Labute approximate surface area is 212 Å². The van der Waals surface area contributed by atoms with E-state index in [1.165, 1.54) is 11.6 Å². The van der Waals surface area contributed by atoms with Crippen molar-refractivity contribution in [1.82, 2.24) is 29.4 Å². The molecule has 1 amide bonds. The Hall–Kier alpha value is -3.41. The van der Waals surface area contributed by atoms with E-state index in [9.17, 15) is 18.0 Å². The van der Waals surface area contributed by atoms with Gasteiger partial charge in [0.25, 0.3) is 0 Å². The molecule has 37 heavy (non-hydrogen) atoms. The van der Waals surface area contributed by atoms with Gasteiger partial charge in [0.15, 0.2) is 6.23 Å². The quantitative estimate of drug-likeness (QED) is 0.429. The van der Waals surface area contributed by atoms with Crippen LogP contribution in [0, 0.1) is 6.92 Å². The molecule has 0 saturated carbocycles. The van der Waals surface area contributed by atoms with Crippen molar-refractivity contribution < 1.29 is 27.4 Å². The van der Waals surface area contributed by atoms with Gasteiger partial charge in [0.1, 0.15) is 6.10 Å². The zero-order valence-electron chi connectivity index (χ0n) is 21.4. The first-order valence-corrected chi connectivity index (χ1v) is 12.2. The first-order chi connectivity index (χ1) is 17.5. The predicted octanol–water partition coefficient (Wildman–Crippen LogP) is 4.66. The van der Waals surface area contributed by atoms with Gasteiger partial charge in [0.05, 0.1) is 40.9 Å². The number of nitrogens with zero attached hydrogens (tertiary/aromatic N) is 6. The number of fused-ring (bicyclic) bond motifs is 1. The molecular formula is C25H31F3N6O3. The lowest BCUT2D eigenvalue weighted by Gasteiger charge is -2.26. The number of ether oxygens (including phenoxy) is 2. The molecule has 0 aromatic carbocycles. The summed E-state index contributed by atoms with van der Waals surface area (Å²) >= 11 is 0. The van der Waals surface area contributed by atoms with Crippen molar-refractivity contribution >= 4 is 22.9 Å². The van der Waals surface area contributed by atoms with Gasteiger partial charge >= 0.3 is 12.1 Å². The highest BCUT2D eigenvalue weighted by molar-refractivity contribution is 5.91. The van der Waals surface area contributed by atoms with Crippen LogP contribution in [0.1, 0.15) is 50.7 Å². The number of pyridine rings is 1. The van der Waals surface area contributed by atoms with Crippen LogP contribution in [0.4, 0.5) is 13.2 Å². The molecule has 0 aliphatic carbocycles. The van der Waals surface area contributed by atoms with Crippen molar-refractivity contribution in [3.63, 3.8) is 0 Å². The maximum absolute atomic E-state index is 12.9. The van der Waals surface area contributed by atoms with Gasteiger partial charge < -0.3 is 14.4 Å². The lowest BCUT2D eigenvalue weighted by atomic mass is 10.1. The highest BCUT2D eigenvalue weighted by Gasteiger charge is 2.42. The minimum Gasteiger partial charge on any atom is -0.472 e. The van der Waals surface area contributed by atoms with Crippen molar-refractivity contribution in [3.8, 4) is 17.1 Å². The molecule has 1 fully saturated rings. The molecule has 9 nitrogen and oxygen atoms in total. The fraction of sp³-hybridized carbons (Fsp3) is 0.520. The number of rotatable bonds is 8. The average molecular weight is 521 g/mol. The number of amides is 1. The van der Waals surface area contributed by atoms with Crippen LogP contribution in [0.2, 0.25) is 0 Å². The molecule has 4 rings (SSSR count). The molecule has 12 heteroatoms. The number of aromatic nitrogens is 5. The highest BCUT2D eigenvalue weighted by Crippen LogP contribution is 2.35. The minimum absolute atomic E-state index is 0.0965. The number of likely N-dealkylation sites (N-methyl/N-ethyl adjacent to an activating group) is 1. The molecule has 0 bridgehead atoms. The third-order valence-corrected chi connectivity index (χ3v) is 6.37. The largest absolute Gasteiger partial charge is 0.472 e. The van der Waals surface area contributed by atoms with Crippen molar-refractivity contribution in [2.24, 2.45) is 7.05 Å². The maximum Gasteiger partial charge on any atom is 0.471 e. The third kappa shape index (κ3) is 5.34. The molecule has 4 heterocycles. The second kappa shape index (κ2) is 10.5. The molecule has 0 spiro atoms. The number of alkyl halides is 3. The second-order valence-electron chi connectivity index (χ2n) is 9.10. The summed E-state index contributed by atoms with van der Waals surface area (Å²) in [7, 11) is 1.67. The Kier molecular flexibility index (Phi) is 7.58. The Morgan fingerprint density at radius 3 is 2.78 bits per heavy atom. The van der Waals surface area contributed by atoms with E-state index < -0.39 is 18.2 Å². The van der Waals surface area contributed by atoms with Crippen molar-refractivity contribution in [3.05, 3.63) is 30.2 Å². The van der Waals surface area contributed by atoms with Gasteiger partial charge in [-0.2, -0.15) is 23.4 Å². The third-order valence-electron chi connectivity index (χ3n) is 6.37. The van der Waals surface area contributed by atoms with Crippen LogP contribution in [-0.2, 0) is 16.6 Å². The van der Waals surface area contributed by atoms with Gasteiger partial charge in [0.2, 0.25) is 5.88 Å². The van der Waals surface area contributed by atoms with Crippen LogP contribution >= 0.6 is 0 Å². The van der Waals surface area contributed by atoms with Gasteiger partial charge in [-0.25, -0.2) is 9.36 Å². The SMILES string of the molecule is C=Cc1nn(C2CCCCO2)c2c(C)nc(-c3cnn(C)c3O[C@H](C)CN(CC)C(=O)C(F)(F)F)cc12. The van der Waals surface area contributed by atoms with Crippen LogP contribution < -0.4 is 4.74 Å². The molecular weight excluding hydrogens is 489 g/mol. The van der Waals surface area contributed by atoms with E-state index in [4.69, 9.17) is 19.6 Å². The summed E-state index contributed by atoms with van der Waals surface area (Å²) in [6, 6.07) is 1.88. The van der Waals surface area contributed by atoms with Crippen molar-refractivity contribution in [2.75, 3.05) is 19.7 Å². The zero-order chi connectivity index (χ0) is 26.9. The van der Waals surface area contributed by atoms with Crippen LogP contribution in [0.25, 0.3) is 28.2 Å². The van der Waals surface area contributed by atoms with Crippen LogP contribution in [0.3, 0.4) is 0 Å². The summed E-state index contributed by atoms with van der Waals surface area (Å²) < 4.78 is 54.1. The fourth-order valence-corrected chi connectivity index (χ4v) is 4.60. The lowest BCUT2D eigenvalue weighted by molar-refractivity contribution is -0.186.